The van der Waals surface area contributed by atoms with Crippen LogP contribution in [0.25, 0.3) is 6.08 Å². The van der Waals surface area contributed by atoms with E-state index in [9.17, 15) is 19.8 Å². The van der Waals surface area contributed by atoms with Crippen molar-refractivity contribution in [2.75, 3.05) is 0 Å². The molecule has 7 nitrogen and oxygen atoms in total. The van der Waals surface area contributed by atoms with Crippen LogP contribution in [-0.2, 0) is 16.1 Å². The molecule has 3 rings (SSSR count). The number of phenolic OH excluding ortho intramolecular Hbond substituents is 2. The number of benzene rings is 1. The fourth-order valence-corrected chi connectivity index (χ4v) is 2.08. The van der Waals surface area contributed by atoms with Gasteiger partial charge in [0.15, 0.2) is 17.3 Å². The van der Waals surface area contributed by atoms with Crippen molar-refractivity contribution in [1.29, 1.82) is 0 Å². The molecule has 2 aromatic rings. The zero-order valence-corrected chi connectivity index (χ0v) is 12.0. The van der Waals surface area contributed by atoms with E-state index in [4.69, 9.17) is 13.9 Å². The number of carbonyl (C=O) groups is 2. The van der Waals surface area contributed by atoms with Crippen molar-refractivity contribution in [3.05, 3.63) is 47.1 Å². The lowest BCUT2D eigenvalue weighted by Gasteiger charge is -2.02. The van der Waals surface area contributed by atoms with Crippen LogP contribution in [0.15, 0.2) is 34.4 Å². The number of ketones is 1. The fraction of sp³-hybridized carbons (Fsp3) is 0.125. The molecule has 0 amide bonds. The van der Waals surface area contributed by atoms with E-state index in [-0.39, 0.29) is 29.4 Å². The van der Waals surface area contributed by atoms with Gasteiger partial charge in [0.2, 0.25) is 11.5 Å². The molecular weight excluding hydrogens is 304 g/mol. The maximum atomic E-state index is 12.2. The van der Waals surface area contributed by atoms with Crippen LogP contribution >= 0.6 is 0 Å². The summed E-state index contributed by atoms with van der Waals surface area (Å²) in [6, 6.07) is 5.76. The topological polar surface area (TPSA) is 106 Å². The average molecular weight is 316 g/mol. The predicted octanol–water partition coefficient (Wildman–Crippen LogP) is 2.37. The Bertz CT molecular complexity index is 829. The van der Waals surface area contributed by atoms with E-state index in [0.29, 0.717) is 11.5 Å². The number of Topliss-reactive ketones (excluding diaryl/α,β-unsaturated/α-hetero) is 1. The molecular formula is C16H12O7. The molecule has 0 unspecified atom stereocenters. The molecule has 1 aliphatic heterocycles. The lowest BCUT2D eigenvalue weighted by atomic mass is 10.1. The second-order valence-corrected chi connectivity index (χ2v) is 4.83. The Kier molecular flexibility index (Phi) is 3.53. The Morgan fingerprint density at radius 1 is 1.26 bits per heavy atom. The molecule has 0 bridgehead atoms. The summed E-state index contributed by atoms with van der Waals surface area (Å²) in [7, 11) is 0. The molecule has 0 saturated carbocycles. The molecule has 1 aromatic carbocycles. The van der Waals surface area contributed by atoms with Gasteiger partial charge in [0.05, 0.1) is 5.56 Å². The summed E-state index contributed by atoms with van der Waals surface area (Å²) >= 11 is 0. The molecule has 0 fully saturated rings. The first-order valence-corrected chi connectivity index (χ1v) is 6.67. The number of ether oxygens (including phenoxy) is 2. The van der Waals surface area contributed by atoms with E-state index in [2.05, 4.69) is 0 Å². The quantitative estimate of drug-likeness (QED) is 0.508. The lowest BCUT2D eigenvalue weighted by molar-refractivity contribution is -0.142. The van der Waals surface area contributed by atoms with E-state index in [0.717, 1.165) is 0 Å². The van der Waals surface area contributed by atoms with Gasteiger partial charge in [-0.15, -0.1) is 0 Å². The third-order valence-electron chi connectivity index (χ3n) is 3.16. The lowest BCUT2D eigenvalue weighted by Crippen LogP contribution is -1.98. The maximum absolute atomic E-state index is 12.2. The Morgan fingerprint density at radius 2 is 2.04 bits per heavy atom. The molecule has 2 N–H and O–H groups in total. The zero-order valence-electron chi connectivity index (χ0n) is 12.0. The summed E-state index contributed by atoms with van der Waals surface area (Å²) in [4.78, 5) is 22.9. The van der Waals surface area contributed by atoms with Gasteiger partial charge in [0, 0.05) is 13.0 Å². The first kappa shape index (κ1) is 14.7. The molecule has 0 saturated heterocycles. The van der Waals surface area contributed by atoms with Gasteiger partial charge in [-0.05, 0) is 24.3 Å². The second kappa shape index (κ2) is 5.53. The molecule has 0 radical (unpaired) electrons. The molecule has 0 spiro atoms. The Balaban J connectivity index is 1.83. The third-order valence-corrected chi connectivity index (χ3v) is 3.16. The van der Waals surface area contributed by atoms with Crippen molar-refractivity contribution >= 4 is 17.8 Å². The van der Waals surface area contributed by atoms with Gasteiger partial charge in [-0.2, -0.15) is 0 Å². The predicted molar refractivity (Wildman–Crippen MR) is 76.9 cm³/mol. The highest BCUT2D eigenvalue weighted by molar-refractivity contribution is 6.15. The van der Waals surface area contributed by atoms with E-state index < -0.39 is 17.5 Å². The summed E-state index contributed by atoms with van der Waals surface area (Å²) in [5.74, 6) is -1.13. The smallest absolute Gasteiger partial charge is 0.303 e. The van der Waals surface area contributed by atoms with Crippen LogP contribution in [0.5, 0.6) is 17.2 Å². The number of esters is 1. The number of aromatic hydroxyl groups is 2. The molecule has 118 valence electrons. The standard InChI is InChI=1S/C16H12O7/c1-8(17)21-7-10-3-2-9(22-10)6-13-14(19)11-4-5-12(18)15(20)16(11)23-13/h2-6,18,20H,7H2,1H3/b13-6+. The van der Waals surface area contributed by atoms with Crippen molar-refractivity contribution in [3.63, 3.8) is 0 Å². The van der Waals surface area contributed by atoms with Crippen LogP contribution in [0.3, 0.4) is 0 Å². The number of carbonyl (C=O) groups excluding carboxylic acids is 2. The van der Waals surface area contributed by atoms with Crippen LogP contribution in [-0.4, -0.2) is 22.0 Å². The first-order chi connectivity index (χ1) is 11.0. The molecule has 1 aliphatic rings. The summed E-state index contributed by atoms with van der Waals surface area (Å²) in [5, 5.41) is 19.2. The van der Waals surface area contributed by atoms with Gasteiger partial charge in [0.25, 0.3) is 0 Å². The molecule has 0 aliphatic carbocycles. The van der Waals surface area contributed by atoms with Crippen LogP contribution in [0.4, 0.5) is 0 Å². The number of hydrogen-bond donors (Lipinski definition) is 2. The second-order valence-electron chi connectivity index (χ2n) is 4.83. The van der Waals surface area contributed by atoms with Gasteiger partial charge >= 0.3 is 5.97 Å². The van der Waals surface area contributed by atoms with Crippen molar-refractivity contribution in [3.8, 4) is 17.2 Å². The minimum Gasteiger partial charge on any atom is -0.504 e. The SMILES string of the molecule is CC(=O)OCc1ccc(/C=C2/Oc3c(ccc(O)c3O)C2=O)o1. The Hall–Kier alpha value is -3.22. The maximum Gasteiger partial charge on any atom is 0.303 e. The summed E-state index contributed by atoms with van der Waals surface area (Å²) in [5.41, 5.74) is 0.151. The van der Waals surface area contributed by atoms with Gasteiger partial charge in [-0.1, -0.05) is 0 Å². The van der Waals surface area contributed by atoms with E-state index in [1.807, 2.05) is 0 Å². The summed E-state index contributed by atoms with van der Waals surface area (Å²) in [6.07, 6.45) is 1.36. The number of fused-ring (bicyclic) bond motifs is 1. The largest absolute Gasteiger partial charge is 0.504 e. The molecule has 7 heteroatoms. The summed E-state index contributed by atoms with van der Waals surface area (Å²) in [6.45, 7) is 1.28. The van der Waals surface area contributed by atoms with E-state index >= 15 is 0 Å². The van der Waals surface area contributed by atoms with Gasteiger partial charge in [-0.3, -0.25) is 9.59 Å². The van der Waals surface area contributed by atoms with Crippen LogP contribution < -0.4 is 4.74 Å². The van der Waals surface area contributed by atoms with Crippen molar-refractivity contribution in [2.24, 2.45) is 0 Å². The van der Waals surface area contributed by atoms with Crippen LogP contribution in [0.2, 0.25) is 0 Å². The molecule has 23 heavy (non-hydrogen) atoms. The van der Waals surface area contributed by atoms with Crippen molar-refractivity contribution in [2.45, 2.75) is 13.5 Å². The first-order valence-electron chi connectivity index (χ1n) is 6.67. The monoisotopic (exact) mass is 316 g/mol. The van der Waals surface area contributed by atoms with Gasteiger partial charge in [0.1, 0.15) is 18.1 Å². The van der Waals surface area contributed by atoms with Crippen molar-refractivity contribution < 1.29 is 33.7 Å². The zero-order chi connectivity index (χ0) is 16.6. The fourth-order valence-electron chi connectivity index (χ4n) is 2.08. The highest BCUT2D eigenvalue weighted by Crippen LogP contribution is 2.44. The summed E-state index contributed by atoms with van der Waals surface area (Å²) < 4.78 is 15.5. The number of hydrogen-bond acceptors (Lipinski definition) is 7. The normalized spacial score (nSPS) is 14.7. The molecule has 0 atom stereocenters. The highest BCUT2D eigenvalue weighted by Gasteiger charge is 2.31. The third kappa shape index (κ3) is 2.76. The van der Waals surface area contributed by atoms with Crippen LogP contribution in [0.1, 0.15) is 28.8 Å². The number of rotatable bonds is 3. The highest BCUT2D eigenvalue weighted by atomic mass is 16.5. The van der Waals surface area contributed by atoms with Gasteiger partial charge in [-0.25, -0.2) is 0 Å². The minimum atomic E-state index is -0.491. The van der Waals surface area contributed by atoms with Gasteiger partial charge < -0.3 is 24.1 Å². The molecule has 1 aromatic heterocycles. The number of phenols is 2. The number of allylic oxidation sites excluding steroid dienone is 1. The molecule has 2 heterocycles. The van der Waals surface area contributed by atoms with E-state index in [1.54, 1.807) is 12.1 Å². The number of furan rings is 1. The van der Waals surface area contributed by atoms with Crippen molar-refractivity contribution in [1.82, 2.24) is 0 Å². The Labute approximate surface area is 130 Å². The van der Waals surface area contributed by atoms with Crippen LogP contribution in [0, 0.1) is 0 Å². The Morgan fingerprint density at radius 3 is 2.78 bits per heavy atom. The van der Waals surface area contributed by atoms with E-state index in [1.165, 1.54) is 25.1 Å². The minimum absolute atomic E-state index is 0.0117. The average Bonchev–Trinajstić information content (AvgIpc) is 3.08.